The van der Waals surface area contributed by atoms with Gasteiger partial charge in [-0.05, 0) is 25.1 Å². The number of carbonyl (C=O) groups excluding carboxylic acids is 1. The summed E-state index contributed by atoms with van der Waals surface area (Å²) in [5.74, 6) is -0.559. The van der Waals surface area contributed by atoms with Crippen LogP contribution in [0.25, 0.3) is 0 Å². The summed E-state index contributed by atoms with van der Waals surface area (Å²) in [5.41, 5.74) is 0.697. The Morgan fingerprint density at radius 3 is 2.59 bits per heavy atom. The highest BCUT2D eigenvalue weighted by molar-refractivity contribution is 6.45. The van der Waals surface area contributed by atoms with Crippen molar-refractivity contribution < 1.29 is 23.8 Å². The second-order valence-corrected chi connectivity index (χ2v) is 5.68. The van der Waals surface area contributed by atoms with E-state index in [4.69, 9.17) is 37.5 Å². The minimum absolute atomic E-state index is 0.0190. The maximum Gasteiger partial charge on any atom is 0.345 e. The Balaban J connectivity index is 2.05. The number of carboxylic acids is 1. The number of furan rings is 1. The molecular weight excluding hydrogens is 331 g/mol. The topological polar surface area (TPSA) is 76.7 Å². The summed E-state index contributed by atoms with van der Waals surface area (Å²) >= 11 is 12.3. The molecule has 5 nitrogen and oxygen atoms in total. The van der Waals surface area contributed by atoms with Crippen molar-refractivity contribution in [2.45, 2.75) is 19.4 Å². The zero-order valence-corrected chi connectivity index (χ0v) is 12.9. The number of ether oxygens (including phenoxy) is 1. The number of aryl methyl sites for hydroxylation is 1. The number of rotatable bonds is 3. The van der Waals surface area contributed by atoms with Crippen LogP contribution in [0.3, 0.4) is 0 Å². The zero-order chi connectivity index (χ0) is 16.0. The maximum absolute atomic E-state index is 12.5. The van der Waals surface area contributed by atoms with E-state index in [9.17, 15) is 9.59 Å². The Kier molecular flexibility index (Phi) is 3.62. The van der Waals surface area contributed by atoms with Crippen LogP contribution >= 0.6 is 23.2 Å². The van der Waals surface area contributed by atoms with E-state index in [1.54, 1.807) is 19.1 Å². The van der Waals surface area contributed by atoms with E-state index in [1.165, 1.54) is 6.07 Å². The predicted octanol–water partition coefficient (Wildman–Crippen LogP) is 3.51. The molecule has 2 heterocycles. The van der Waals surface area contributed by atoms with Crippen molar-refractivity contribution in [3.05, 3.63) is 50.9 Å². The van der Waals surface area contributed by atoms with Crippen LogP contribution in [-0.2, 0) is 11.2 Å². The van der Waals surface area contributed by atoms with Crippen molar-refractivity contribution in [3.63, 3.8) is 0 Å². The van der Waals surface area contributed by atoms with Crippen LogP contribution in [0.1, 0.15) is 27.4 Å². The van der Waals surface area contributed by atoms with Gasteiger partial charge in [-0.3, -0.25) is 4.79 Å². The first-order chi connectivity index (χ1) is 10.4. The Labute approximate surface area is 135 Å². The third kappa shape index (κ3) is 2.36. The summed E-state index contributed by atoms with van der Waals surface area (Å²) in [7, 11) is 0. The largest absolute Gasteiger partial charge is 0.478 e. The predicted molar refractivity (Wildman–Crippen MR) is 79.1 cm³/mol. The highest BCUT2D eigenvalue weighted by Gasteiger charge is 2.33. The standard InChI is InChI=1S/C15H10Cl2O5/c1-6-2-3-9(21-6)13(18)8-4-7-5-10(15(19)20)22-14(7)12(17)11(8)16/h2-4,10H,5H2,1H3,(H,19,20). The average molecular weight is 341 g/mol. The molecule has 1 N–H and O–H groups in total. The highest BCUT2D eigenvalue weighted by atomic mass is 35.5. The molecule has 2 aromatic rings. The van der Waals surface area contributed by atoms with E-state index in [2.05, 4.69) is 0 Å². The van der Waals surface area contributed by atoms with Gasteiger partial charge in [0.25, 0.3) is 0 Å². The molecule has 1 unspecified atom stereocenters. The molecule has 1 aromatic carbocycles. The third-order valence-corrected chi connectivity index (χ3v) is 4.24. The van der Waals surface area contributed by atoms with Crippen LogP contribution in [0, 0.1) is 6.92 Å². The van der Waals surface area contributed by atoms with E-state index < -0.39 is 17.9 Å². The number of hydrogen-bond donors (Lipinski definition) is 1. The minimum Gasteiger partial charge on any atom is -0.478 e. The molecule has 0 spiro atoms. The van der Waals surface area contributed by atoms with Gasteiger partial charge in [0.1, 0.15) is 16.5 Å². The third-order valence-electron chi connectivity index (χ3n) is 3.39. The zero-order valence-electron chi connectivity index (χ0n) is 11.4. The normalized spacial score (nSPS) is 16.2. The molecule has 0 bridgehead atoms. The van der Waals surface area contributed by atoms with Gasteiger partial charge < -0.3 is 14.3 Å². The molecule has 0 amide bonds. The van der Waals surface area contributed by atoms with Gasteiger partial charge in [-0.1, -0.05) is 23.2 Å². The van der Waals surface area contributed by atoms with Crippen LogP contribution in [0.5, 0.6) is 5.75 Å². The van der Waals surface area contributed by atoms with Gasteiger partial charge in [-0.15, -0.1) is 0 Å². The van der Waals surface area contributed by atoms with Gasteiger partial charge >= 0.3 is 5.97 Å². The van der Waals surface area contributed by atoms with E-state index in [1.807, 2.05) is 0 Å². The number of halogens is 2. The van der Waals surface area contributed by atoms with E-state index >= 15 is 0 Å². The van der Waals surface area contributed by atoms with Crippen molar-refractivity contribution in [3.8, 4) is 5.75 Å². The molecule has 0 fully saturated rings. The molecule has 0 saturated carbocycles. The van der Waals surface area contributed by atoms with Crippen LogP contribution in [0.2, 0.25) is 10.0 Å². The Morgan fingerprint density at radius 1 is 1.27 bits per heavy atom. The number of aliphatic carboxylic acids is 1. The molecule has 1 aromatic heterocycles. The molecule has 1 atom stereocenters. The fourth-order valence-corrected chi connectivity index (χ4v) is 2.81. The van der Waals surface area contributed by atoms with Crippen molar-refractivity contribution >= 4 is 35.0 Å². The maximum atomic E-state index is 12.5. The van der Waals surface area contributed by atoms with E-state index in [0.717, 1.165) is 0 Å². The van der Waals surface area contributed by atoms with E-state index in [-0.39, 0.29) is 33.5 Å². The van der Waals surface area contributed by atoms with Crippen LogP contribution < -0.4 is 4.74 Å². The van der Waals surface area contributed by atoms with Crippen molar-refractivity contribution in [1.29, 1.82) is 0 Å². The number of carboxylic acid groups (broad SMARTS) is 1. The molecule has 7 heteroatoms. The van der Waals surface area contributed by atoms with Gasteiger partial charge in [-0.2, -0.15) is 0 Å². The quantitative estimate of drug-likeness (QED) is 0.865. The Bertz CT molecular complexity index is 793. The number of benzene rings is 1. The van der Waals surface area contributed by atoms with Gasteiger partial charge in [0.15, 0.2) is 11.9 Å². The fraction of sp³-hybridized carbons (Fsp3) is 0.200. The lowest BCUT2D eigenvalue weighted by Gasteiger charge is -2.09. The van der Waals surface area contributed by atoms with Crippen molar-refractivity contribution in [2.24, 2.45) is 0 Å². The second-order valence-electron chi connectivity index (χ2n) is 4.93. The lowest BCUT2D eigenvalue weighted by molar-refractivity contribution is -0.144. The summed E-state index contributed by atoms with van der Waals surface area (Å²) in [6, 6.07) is 4.72. The first-order valence-corrected chi connectivity index (χ1v) is 7.15. The molecule has 3 rings (SSSR count). The molecule has 114 valence electrons. The number of hydrogen-bond acceptors (Lipinski definition) is 4. The second kappa shape index (κ2) is 5.34. The van der Waals surface area contributed by atoms with Crippen LogP contribution in [-0.4, -0.2) is 23.0 Å². The fourth-order valence-electron chi connectivity index (χ4n) is 2.32. The average Bonchev–Trinajstić information content (AvgIpc) is 3.08. The van der Waals surface area contributed by atoms with Crippen molar-refractivity contribution in [1.82, 2.24) is 0 Å². The molecule has 0 radical (unpaired) electrons. The number of ketones is 1. The SMILES string of the molecule is Cc1ccc(C(=O)c2cc3c(c(Cl)c2Cl)OC(C(=O)O)C3)o1. The number of fused-ring (bicyclic) bond motifs is 1. The van der Waals surface area contributed by atoms with Crippen LogP contribution in [0.4, 0.5) is 0 Å². The summed E-state index contributed by atoms with van der Waals surface area (Å²) < 4.78 is 10.6. The summed E-state index contributed by atoms with van der Waals surface area (Å²) in [4.78, 5) is 23.5. The molecular formula is C15H10Cl2O5. The first-order valence-electron chi connectivity index (χ1n) is 6.40. The Morgan fingerprint density at radius 2 is 2.00 bits per heavy atom. The summed E-state index contributed by atoms with van der Waals surface area (Å²) in [5, 5.41) is 9.08. The molecule has 1 aliphatic rings. The van der Waals surface area contributed by atoms with Gasteiger partial charge in [0.05, 0.1) is 5.02 Å². The summed E-state index contributed by atoms with van der Waals surface area (Å²) in [6.07, 6.45) is -0.904. The first kappa shape index (κ1) is 14.9. The number of carbonyl (C=O) groups is 2. The minimum atomic E-state index is -1.10. The highest BCUT2D eigenvalue weighted by Crippen LogP contribution is 2.43. The van der Waals surface area contributed by atoms with Crippen LogP contribution in [0.15, 0.2) is 22.6 Å². The summed E-state index contributed by atoms with van der Waals surface area (Å²) in [6.45, 7) is 1.72. The lowest BCUT2D eigenvalue weighted by Crippen LogP contribution is -2.24. The van der Waals surface area contributed by atoms with Gasteiger partial charge in [-0.25, -0.2) is 4.79 Å². The molecule has 1 aliphatic heterocycles. The molecule has 0 saturated heterocycles. The smallest absolute Gasteiger partial charge is 0.345 e. The Hall–Kier alpha value is -1.98. The monoisotopic (exact) mass is 340 g/mol. The lowest BCUT2D eigenvalue weighted by atomic mass is 10.0. The molecule has 22 heavy (non-hydrogen) atoms. The van der Waals surface area contributed by atoms with E-state index in [0.29, 0.717) is 11.3 Å². The van der Waals surface area contributed by atoms with Gasteiger partial charge in [0.2, 0.25) is 5.78 Å². The van der Waals surface area contributed by atoms with Gasteiger partial charge in [0, 0.05) is 17.5 Å². The molecule has 0 aliphatic carbocycles. The van der Waals surface area contributed by atoms with Crippen molar-refractivity contribution in [2.75, 3.05) is 0 Å².